The van der Waals surface area contributed by atoms with Crippen molar-refractivity contribution in [2.24, 2.45) is 0 Å². The second-order valence-corrected chi connectivity index (χ2v) is 5.70. The lowest BCUT2D eigenvalue weighted by molar-refractivity contribution is -0.137. The van der Waals surface area contributed by atoms with Gasteiger partial charge in [-0.15, -0.1) is 0 Å². The average Bonchev–Trinajstić information content (AvgIpc) is 2.93. The van der Waals surface area contributed by atoms with Gasteiger partial charge in [0.1, 0.15) is 5.60 Å². The van der Waals surface area contributed by atoms with Gasteiger partial charge in [-0.1, -0.05) is 0 Å². The van der Waals surface area contributed by atoms with Crippen LogP contribution >= 0.6 is 0 Å². The molecule has 1 aliphatic heterocycles. The smallest absolute Gasteiger partial charge is 0.382 e. The molecule has 0 aliphatic carbocycles. The van der Waals surface area contributed by atoms with Gasteiger partial charge in [-0.2, -0.15) is 13.2 Å². The van der Waals surface area contributed by atoms with E-state index in [4.69, 9.17) is 9.47 Å². The number of alkyl halides is 3. The van der Waals surface area contributed by atoms with Crippen molar-refractivity contribution in [2.45, 2.75) is 18.2 Å². The number of rotatable bonds is 5. The summed E-state index contributed by atoms with van der Waals surface area (Å²) in [6.45, 7) is 1.44. The zero-order valence-electron chi connectivity index (χ0n) is 13.0. The van der Waals surface area contributed by atoms with Gasteiger partial charge >= 0.3 is 6.18 Å². The predicted molar refractivity (Wildman–Crippen MR) is 79.4 cm³/mol. The number of benzene rings is 1. The lowest BCUT2D eigenvalue weighted by Crippen LogP contribution is -2.39. The number of hydrogen-bond donors (Lipinski definition) is 1. The molecule has 1 N–H and O–H groups in total. The Morgan fingerprint density at radius 3 is 2.55 bits per heavy atom. The van der Waals surface area contributed by atoms with Crippen molar-refractivity contribution < 1.29 is 22.6 Å². The fourth-order valence-corrected chi connectivity index (χ4v) is 2.36. The molecule has 1 fully saturated rings. The maximum atomic E-state index is 13.0. The largest absolute Gasteiger partial charge is 0.416 e. The molecule has 0 amide bonds. The maximum Gasteiger partial charge on any atom is 0.416 e. The molecule has 1 unspecified atom stereocenters. The van der Waals surface area contributed by atoms with E-state index in [1.54, 1.807) is 32.2 Å². The van der Waals surface area contributed by atoms with Gasteiger partial charge in [0.2, 0.25) is 0 Å². The number of halogens is 3. The average molecular weight is 318 g/mol. The van der Waals surface area contributed by atoms with Crippen molar-refractivity contribution in [3.05, 3.63) is 23.8 Å². The highest BCUT2D eigenvalue weighted by Crippen LogP contribution is 2.34. The van der Waals surface area contributed by atoms with E-state index in [0.717, 1.165) is 18.6 Å². The molecule has 1 aromatic carbocycles. The molecule has 0 aromatic heterocycles. The van der Waals surface area contributed by atoms with Gasteiger partial charge < -0.3 is 19.7 Å². The molecule has 1 aromatic rings. The van der Waals surface area contributed by atoms with Gasteiger partial charge in [0, 0.05) is 52.2 Å². The van der Waals surface area contributed by atoms with Gasteiger partial charge in [-0.3, -0.25) is 0 Å². The van der Waals surface area contributed by atoms with Crippen molar-refractivity contribution in [1.82, 2.24) is 0 Å². The highest BCUT2D eigenvalue weighted by atomic mass is 19.4. The number of anilines is 2. The van der Waals surface area contributed by atoms with Crippen molar-refractivity contribution in [3.63, 3.8) is 0 Å². The van der Waals surface area contributed by atoms with Crippen molar-refractivity contribution in [1.29, 1.82) is 0 Å². The van der Waals surface area contributed by atoms with Crippen LogP contribution in [0.4, 0.5) is 24.5 Å². The topological polar surface area (TPSA) is 33.7 Å². The number of hydrogen-bond acceptors (Lipinski definition) is 4. The van der Waals surface area contributed by atoms with E-state index in [0.29, 0.717) is 31.1 Å². The molecule has 1 atom stereocenters. The molecular weight excluding hydrogens is 297 g/mol. The van der Waals surface area contributed by atoms with Crippen LogP contribution < -0.4 is 10.2 Å². The van der Waals surface area contributed by atoms with E-state index in [2.05, 4.69) is 5.32 Å². The van der Waals surface area contributed by atoms with Gasteiger partial charge in [0.25, 0.3) is 0 Å². The molecule has 0 bridgehead atoms. The molecule has 22 heavy (non-hydrogen) atoms. The summed E-state index contributed by atoms with van der Waals surface area (Å²) < 4.78 is 49.8. The summed E-state index contributed by atoms with van der Waals surface area (Å²) in [6, 6.07) is 3.94. The molecule has 0 saturated carbocycles. The third kappa shape index (κ3) is 3.84. The molecule has 1 saturated heterocycles. The quantitative estimate of drug-likeness (QED) is 0.905. The summed E-state index contributed by atoms with van der Waals surface area (Å²) in [5.74, 6) is 0. The van der Waals surface area contributed by atoms with Gasteiger partial charge in [-0.05, 0) is 18.2 Å². The molecule has 1 aliphatic rings. The molecule has 7 heteroatoms. The van der Waals surface area contributed by atoms with Crippen LogP contribution in [0.3, 0.4) is 0 Å². The summed E-state index contributed by atoms with van der Waals surface area (Å²) in [4.78, 5) is 1.64. The van der Waals surface area contributed by atoms with Crippen molar-refractivity contribution in [2.75, 3.05) is 51.2 Å². The Balaban J connectivity index is 2.21. The van der Waals surface area contributed by atoms with Crippen LogP contribution in [-0.2, 0) is 15.7 Å². The lowest BCUT2D eigenvalue weighted by Gasteiger charge is -2.27. The summed E-state index contributed by atoms with van der Waals surface area (Å²) in [6.07, 6.45) is -3.66. The van der Waals surface area contributed by atoms with E-state index >= 15 is 0 Å². The Morgan fingerprint density at radius 2 is 2.05 bits per heavy atom. The summed E-state index contributed by atoms with van der Waals surface area (Å²) in [5.41, 5.74) is -0.240. The molecular formula is C15H21F3N2O2. The first-order valence-electron chi connectivity index (χ1n) is 7.02. The predicted octanol–water partition coefficient (Wildman–Crippen LogP) is 2.99. The zero-order chi connectivity index (χ0) is 16.4. The Kier molecular flexibility index (Phi) is 4.87. The molecule has 124 valence electrons. The number of ether oxygens (including phenoxy) is 2. The number of nitrogens with zero attached hydrogens (tertiary/aromatic N) is 1. The second kappa shape index (κ2) is 6.34. The standard InChI is InChI=1S/C15H21F3N2O2/c1-20(2)13-7-11(15(16,17)18)6-12(8-13)19-9-14(21-3)4-5-22-10-14/h6-8,19H,4-5,9-10H2,1-3H3. The fourth-order valence-electron chi connectivity index (χ4n) is 2.36. The van der Waals surface area contributed by atoms with Gasteiger partial charge in [-0.25, -0.2) is 0 Å². The molecule has 4 nitrogen and oxygen atoms in total. The Labute approximate surface area is 128 Å². The van der Waals surface area contributed by atoms with E-state index < -0.39 is 17.3 Å². The van der Waals surface area contributed by atoms with Crippen LogP contribution in [0.5, 0.6) is 0 Å². The summed E-state index contributed by atoms with van der Waals surface area (Å²) >= 11 is 0. The third-order valence-corrected chi connectivity index (χ3v) is 3.88. The van der Waals surface area contributed by atoms with Crippen LogP contribution in [0.1, 0.15) is 12.0 Å². The third-order valence-electron chi connectivity index (χ3n) is 3.88. The fraction of sp³-hybridized carbons (Fsp3) is 0.600. The molecule has 2 rings (SSSR count). The van der Waals surface area contributed by atoms with Gasteiger partial charge in [0.15, 0.2) is 0 Å². The summed E-state index contributed by atoms with van der Waals surface area (Å²) in [5, 5.41) is 3.05. The molecule has 0 radical (unpaired) electrons. The van der Waals surface area contributed by atoms with Crippen LogP contribution in [0.15, 0.2) is 18.2 Å². The maximum absolute atomic E-state index is 13.0. The second-order valence-electron chi connectivity index (χ2n) is 5.70. The minimum absolute atomic E-state index is 0.400. The summed E-state index contributed by atoms with van der Waals surface area (Å²) in [7, 11) is 5.01. The minimum atomic E-state index is -4.38. The Morgan fingerprint density at radius 1 is 1.32 bits per heavy atom. The van der Waals surface area contributed by atoms with E-state index in [1.807, 2.05) is 0 Å². The number of nitrogens with one attached hydrogen (secondary N) is 1. The van der Waals surface area contributed by atoms with Crippen molar-refractivity contribution in [3.8, 4) is 0 Å². The zero-order valence-corrected chi connectivity index (χ0v) is 13.0. The lowest BCUT2D eigenvalue weighted by atomic mass is 10.0. The normalized spacial score (nSPS) is 21.9. The first-order chi connectivity index (χ1) is 10.3. The Hall–Kier alpha value is -1.47. The van der Waals surface area contributed by atoms with Crippen LogP contribution in [0.2, 0.25) is 0 Å². The molecule has 0 spiro atoms. The van der Waals surface area contributed by atoms with E-state index in [-0.39, 0.29) is 0 Å². The first-order valence-corrected chi connectivity index (χ1v) is 7.02. The first kappa shape index (κ1) is 16.9. The molecule has 1 heterocycles. The van der Waals surface area contributed by atoms with Crippen LogP contribution in [0, 0.1) is 0 Å². The highest BCUT2D eigenvalue weighted by Gasteiger charge is 2.35. The van der Waals surface area contributed by atoms with Crippen LogP contribution in [-0.4, -0.2) is 46.6 Å². The monoisotopic (exact) mass is 318 g/mol. The Bertz CT molecular complexity index is 512. The van der Waals surface area contributed by atoms with E-state index in [1.165, 1.54) is 0 Å². The SMILES string of the molecule is COC1(CNc2cc(N(C)C)cc(C(F)(F)F)c2)CCOC1. The van der Waals surface area contributed by atoms with Crippen molar-refractivity contribution >= 4 is 11.4 Å². The van der Waals surface area contributed by atoms with Gasteiger partial charge in [0.05, 0.1) is 12.2 Å². The van der Waals surface area contributed by atoms with Crippen LogP contribution in [0.25, 0.3) is 0 Å². The number of methoxy groups -OCH3 is 1. The minimum Gasteiger partial charge on any atom is -0.382 e. The van der Waals surface area contributed by atoms with E-state index in [9.17, 15) is 13.2 Å². The highest BCUT2D eigenvalue weighted by molar-refractivity contribution is 5.60.